The van der Waals surface area contributed by atoms with Crippen LogP contribution < -0.4 is 13.7 Å². The number of aryl methyl sites for hydroxylation is 9. The summed E-state index contributed by atoms with van der Waals surface area (Å²) in [6, 6.07) is 75.9. The summed E-state index contributed by atoms with van der Waals surface area (Å²) in [5, 5.41) is 13.5. The smallest absolute Gasteiger partial charge is 0.213 e. The van der Waals surface area contributed by atoms with Gasteiger partial charge in [-0.2, -0.15) is 0 Å². The number of rotatable bonds is 7. The van der Waals surface area contributed by atoms with Crippen LogP contribution in [0.2, 0.25) is 0 Å². The summed E-state index contributed by atoms with van der Waals surface area (Å²) < 4.78 is 92.1. The molecule has 0 amide bonds. The van der Waals surface area contributed by atoms with Crippen LogP contribution in [0.3, 0.4) is 0 Å². The molecule has 0 atom stereocenters. The summed E-state index contributed by atoms with van der Waals surface area (Å²) in [6.07, 6.45) is 9.60. The lowest BCUT2D eigenvalue weighted by molar-refractivity contribution is -0.660. The van der Waals surface area contributed by atoms with E-state index in [-0.39, 0.29) is 5.92 Å². The van der Waals surface area contributed by atoms with Crippen LogP contribution in [0.15, 0.2) is 256 Å². The molecule has 0 spiro atoms. The fourth-order valence-electron chi connectivity index (χ4n) is 15.2. The molecule has 17 aromatic rings. The van der Waals surface area contributed by atoms with Crippen molar-refractivity contribution in [3.63, 3.8) is 0 Å². The second-order valence-corrected chi connectivity index (χ2v) is 26.4. The van der Waals surface area contributed by atoms with E-state index in [0.29, 0.717) is 16.7 Å². The van der Waals surface area contributed by atoms with E-state index in [1.54, 1.807) is 12.4 Å². The molecule has 6 aromatic heterocycles. The molecule has 474 valence electrons. The first-order valence-electron chi connectivity index (χ1n) is 37.7. The Hall–Kier alpha value is -11.0. The van der Waals surface area contributed by atoms with E-state index in [2.05, 4.69) is 160 Å². The van der Waals surface area contributed by atoms with Gasteiger partial charge in [0.2, 0.25) is 17.1 Å². The highest BCUT2D eigenvalue weighted by atomic mass is 16.3. The maximum Gasteiger partial charge on any atom is 0.213 e. The lowest BCUT2D eigenvalue weighted by Gasteiger charge is -2.21. The van der Waals surface area contributed by atoms with Gasteiger partial charge >= 0.3 is 0 Å². The third-order valence-electron chi connectivity index (χ3n) is 20.3. The Kier molecular flexibility index (Phi) is 13.5. The Bertz CT molecular complexity index is 6300. The van der Waals surface area contributed by atoms with Gasteiger partial charge in [-0.05, 0) is 158 Å². The zero-order valence-electron chi connectivity index (χ0n) is 63.8. The molecular weight excluding hydrogens is 1180 g/mol. The second kappa shape index (κ2) is 25.0. The average Bonchev–Trinajstić information content (AvgIpc) is 1.73. The van der Waals surface area contributed by atoms with E-state index in [1.807, 2.05) is 134 Å². The van der Waals surface area contributed by atoms with Gasteiger partial charge in [-0.1, -0.05) is 178 Å². The second-order valence-electron chi connectivity index (χ2n) is 26.4. The molecule has 6 nitrogen and oxygen atoms in total. The Morgan fingerprint density at radius 1 is 0.351 bits per heavy atom. The van der Waals surface area contributed by atoms with Crippen molar-refractivity contribution in [1.82, 2.24) is 0 Å². The van der Waals surface area contributed by atoms with Gasteiger partial charge < -0.3 is 13.3 Å². The van der Waals surface area contributed by atoms with Gasteiger partial charge in [-0.15, -0.1) is 0 Å². The minimum absolute atomic E-state index is 0.0917. The molecule has 0 unspecified atom stereocenters. The Labute approximate surface area is 578 Å². The van der Waals surface area contributed by atoms with E-state index in [4.69, 9.17) is 24.2 Å². The lowest BCUT2D eigenvalue weighted by Crippen LogP contribution is -2.31. The van der Waals surface area contributed by atoms with E-state index < -0.39 is 20.1 Å². The average molecular weight is 1270 g/mol. The van der Waals surface area contributed by atoms with E-state index >= 15 is 0 Å². The van der Waals surface area contributed by atoms with Gasteiger partial charge in [0, 0.05) is 112 Å². The van der Waals surface area contributed by atoms with Gasteiger partial charge in [0.15, 0.2) is 18.6 Å². The molecule has 18 rings (SSSR count). The summed E-state index contributed by atoms with van der Waals surface area (Å²) in [4.78, 5) is 0. The SMILES string of the molecule is [2H]C([2H])([2H])c1c[n+](C)c(-c2ccc3c(oc4c5ccccc5c(C)cc34)c2C)cc1-c1ccccc1.[2H]C([2H])([2H])c1c[n+](C)c(-c2ccc3c(oc4c5ccccc5ccc34)c2C)cc1-c1ccccc1.[2H]C([2H])(c1cc[n+](C)c(-c2ccc3c(oc4c5ccccc5ccc34)c2C)c1)C1CCCCC1. The molecule has 1 aliphatic rings. The molecule has 1 fully saturated rings. The fraction of sp³-hybridized carbons (Fsp3) is 0.176. The van der Waals surface area contributed by atoms with Crippen molar-refractivity contribution in [3.8, 4) is 56.0 Å². The van der Waals surface area contributed by atoms with Gasteiger partial charge in [-0.3, -0.25) is 0 Å². The van der Waals surface area contributed by atoms with Crippen molar-refractivity contribution in [1.29, 1.82) is 0 Å². The van der Waals surface area contributed by atoms with Crippen LogP contribution in [-0.2, 0) is 27.5 Å². The van der Waals surface area contributed by atoms with Crippen molar-refractivity contribution < 1.29 is 37.9 Å². The molecule has 11 aromatic carbocycles. The number of pyridine rings is 3. The molecule has 0 saturated heterocycles. The van der Waals surface area contributed by atoms with Crippen molar-refractivity contribution >= 4 is 98.1 Å². The first kappa shape index (κ1) is 52.3. The van der Waals surface area contributed by atoms with Crippen LogP contribution in [0.4, 0.5) is 0 Å². The van der Waals surface area contributed by atoms with Gasteiger partial charge in [0.05, 0.1) is 16.7 Å². The highest BCUT2D eigenvalue weighted by Gasteiger charge is 2.26. The number of furan rings is 3. The quantitative estimate of drug-likeness (QED) is 0.149. The van der Waals surface area contributed by atoms with Gasteiger partial charge in [0.25, 0.3) is 0 Å². The molecule has 0 radical (unpaired) electrons. The van der Waals surface area contributed by atoms with Crippen LogP contribution in [0.25, 0.3) is 154 Å². The molecule has 0 bridgehead atoms. The largest absolute Gasteiger partial charge is 0.455 e. The number of aromatic nitrogens is 3. The molecule has 6 heterocycles. The standard InChI is InChI=1S/C31H26NO.C30H24NO.C30H30NO/c1-19-16-28-26-15-14-24(21(3)30(26)33-31(28)25-13-9-8-12-23(19)25)29-17-27(20(2)18-32(29)4)22-10-6-5-7-11-22;1-19-18-31(3)28(17-27(19)21-9-5-4-6-10-21)23-15-16-25-26-14-13-22-11-7-8-12-24(22)30(26)32-29(25)20(23)2;1-20-24(28-19-22(16-17-31(28)2)18-21-8-4-3-5-9-21)14-15-26-27-13-12-23-10-6-7-11-25(23)30(27)32-29(20)26/h5-18H,1-4H3;4-18H,1-3H3;6-7,10-17,19,21H,3-5,8-9,18H2,1-2H3/q3*+1/i2D3;1D3;18D2. The third kappa shape index (κ3) is 10.9. The first-order valence-corrected chi connectivity index (χ1v) is 33.7. The minimum atomic E-state index is -2.22. The molecule has 0 N–H and O–H groups in total. The zero-order valence-corrected chi connectivity index (χ0v) is 55.8. The maximum atomic E-state index is 8.96. The van der Waals surface area contributed by atoms with E-state index in [9.17, 15) is 0 Å². The van der Waals surface area contributed by atoms with Crippen LogP contribution in [0.5, 0.6) is 0 Å². The van der Waals surface area contributed by atoms with Crippen LogP contribution >= 0.6 is 0 Å². The van der Waals surface area contributed by atoms with E-state index in [0.717, 1.165) is 186 Å². The minimum Gasteiger partial charge on any atom is -0.455 e. The van der Waals surface area contributed by atoms with Crippen molar-refractivity contribution in [2.45, 2.75) is 79.9 Å². The first-order chi connectivity index (χ1) is 50.5. The normalized spacial score (nSPS) is 14.4. The van der Waals surface area contributed by atoms with Crippen molar-refractivity contribution in [3.05, 3.63) is 282 Å². The fourth-order valence-corrected chi connectivity index (χ4v) is 15.2. The van der Waals surface area contributed by atoms with Gasteiger partial charge in [-0.25, -0.2) is 13.7 Å². The summed E-state index contributed by atoms with van der Waals surface area (Å²) in [7, 11) is 5.83. The molecule has 1 aliphatic carbocycles. The third-order valence-corrected chi connectivity index (χ3v) is 20.3. The maximum absolute atomic E-state index is 8.96. The van der Waals surface area contributed by atoms with Crippen molar-refractivity contribution in [2.75, 3.05) is 0 Å². The highest BCUT2D eigenvalue weighted by molar-refractivity contribution is 6.19. The zero-order chi connectivity index (χ0) is 73.0. The Balaban J connectivity index is 0.000000121. The van der Waals surface area contributed by atoms with Crippen LogP contribution in [0, 0.1) is 47.3 Å². The number of nitrogens with zero attached hydrogens (tertiary/aromatic N) is 3. The molecule has 6 heteroatoms. The number of hydrogen-bond acceptors (Lipinski definition) is 3. The van der Waals surface area contributed by atoms with Gasteiger partial charge in [0.1, 0.15) is 54.6 Å². The lowest BCUT2D eigenvalue weighted by atomic mass is 9.85. The summed E-state index contributed by atoms with van der Waals surface area (Å²) >= 11 is 0. The van der Waals surface area contributed by atoms with Crippen LogP contribution in [0.1, 0.15) is 82.0 Å². The monoisotopic (exact) mass is 1270 g/mol. The summed E-state index contributed by atoms with van der Waals surface area (Å²) in [5.74, 6) is 0.0917. The predicted molar refractivity (Wildman–Crippen MR) is 403 cm³/mol. The van der Waals surface area contributed by atoms with Crippen molar-refractivity contribution in [2.24, 2.45) is 27.1 Å². The van der Waals surface area contributed by atoms with Crippen LogP contribution in [-0.4, -0.2) is 0 Å². The summed E-state index contributed by atoms with van der Waals surface area (Å²) in [5.41, 5.74) is 20.4. The number of benzene rings is 11. The topological polar surface area (TPSA) is 51.1 Å². The van der Waals surface area contributed by atoms with E-state index in [1.165, 1.54) is 22.8 Å². The number of hydrogen-bond donors (Lipinski definition) is 0. The number of fused-ring (bicyclic) bond motifs is 15. The predicted octanol–water partition coefficient (Wildman–Crippen LogP) is 23.0. The molecule has 0 aliphatic heterocycles. The highest BCUT2D eigenvalue weighted by Crippen LogP contribution is 2.43. The Morgan fingerprint density at radius 2 is 0.742 bits per heavy atom. The summed E-state index contributed by atoms with van der Waals surface area (Å²) in [6.45, 7) is 3.96. The molecule has 97 heavy (non-hydrogen) atoms. The molecular formula is C91H80N3O3+3. The Morgan fingerprint density at radius 3 is 1.23 bits per heavy atom. The molecule has 1 saturated carbocycles.